The van der Waals surface area contributed by atoms with Crippen LogP contribution in [0.3, 0.4) is 0 Å². The number of rotatable bonds is 5. The second-order valence-electron chi connectivity index (χ2n) is 8.54. The average molecular weight is 445 g/mol. The molecule has 0 bridgehead atoms. The molecule has 0 atom stereocenters. The quantitative estimate of drug-likeness (QED) is 0.653. The van der Waals surface area contributed by atoms with Gasteiger partial charge in [0.05, 0.1) is 16.9 Å². The van der Waals surface area contributed by atoms with Crippen LogP contribution in [0, 0.1) is 12.8 Å². The molecule has 1 heterocycles. The molecule has 1 saturated heterocycles. The summed E-state index contributed by atoms with van der Waals surface area (Å²) in [4.78, 5) is 29.0. The van der Waals surface area contributed by atoms with E-state index in [1.807, 2.05) is 25.1 Å². The summed E-state index contributed by atoms with van der Waals surface area (Å²) in [5.41, 5.74) is 2.16. The van der Waals surface area contributed by atoms with E-state index >= 15 is 0 Å². The Morgan fingerprint density at radius 2 is 1.78 bits per heavy atom. The van der Waals surface area contributed by atoms with Crippen molar-refractivity contribution in [2.24, 2.45) is 5.92 Å². The molecule has 3 amide bonds. The molecule has 4 rings (SSSR count). The van der Waals surface area contributed by atoms with E-state index in [4.69, 9.17) is 0 Å². The maximum Gasteiger partial charge on any atom is 0.416 e. The summed E-state index contributed by atoms with van der Waals surface area (Å²) in [5.74, 6) is 0.00533. The van der Waals surface area contributed by atoms with Gasteiger partial charge in [-0.2, -0.15) is 13.2 Å². The highest BCUT2D eigenvalue weighted by molar-refractivity contribution is 6.01. The second kappa shape index (κ2) is 8.84. The van der Waals surface area contributed by atoms with E-state index in [9.17, 15) is 22.8 Å². The highest BCUT2D eigenvalue weighted by Gasteiger charge is 2.32. The number of urea groups is 1. The summed E-state index contributed by atoms with van der Waals surface area (Å²) < 4.78 is 38.4. The lowest BCUT2D eigenvalue weighted by Crippen LogP contribution is -2.49. The number of carbonyl (C=O) groups is 2. The number of benzene rings is 2. The Bertz CT molecular complexity index is 1000. The van der Waals surface area contributed by atoms with E-state index in [2.05, 4.69) is 5.32 Å². The van der Waals surface area contributed by atoms with Crippen molar-refractivity contribution in [2.45, 2.75) is 45.3 Å². The van der Waals surface area contributed by atoms with Gasteiger partial charge in [-0.15, -0.1) is 0 Å². The predicted molar refractivity (Wildman–Crippen MR) is 116 cm³/mol. The van der Waals surface area contributed by atoms with Gasteiger partial charge in [-0.05, 0) is 61.6 Å². The van der Waals surface area contributed by atoms with E-state index in [1.165, 1.54) is 12.1 Å². The molecule has 0 aromatic heterocycles. The van der Waals surface area contributed by atoms with Gasteiger partial charge in [0.1, 0.15) is 0 Å². The zero-order chi connectivity index (χ0) is 22.9. The van der Waals surface area contributed by atoms with E-state index in [1.54, 1.807) is 9.80 Å². The van der Waals surface area contributed by atoms with E-state index in [-0.39, 0.29) is 24.4 Å². The first kappa shape index (κ1) is 22.2. The van der Waals surface area contributed by atoms with Gasteiger partial charge in [-0.3, -0.25) is 9.69 Å². The summed E-state index contributed by atoms with van der Waals surface area (Å²) >= 11 is 0. The minimum absolute atomic E-state index is 0.0193. The van der Waals surface area contributed by atoms with Gasteiger partial charge in [0, 0.05) is 25.6 Å². The first-order chi connectivity index (χ1) is 15.2. The Morgan fingerprint density at radius 1 is 1.06 bits per heavy atom. The summed E-state index contributed by atoms with van der Waals surface area (Å²) in [6.07, 6.45) is -0.840. The topological polar surface area (TPSA) is 52.6 Å². The van der Waals surface area contributed by atoms with Crippen LogP contribution in [0.15, 0.2) is 42.5 Å². The number of anilines is 2. The monoisotopic (exact) mass is 445 g/mol. The standard InChI is InChI=1S/C24H26F3N3O2/c1-16-6-11-21(20(14-16)28-22(31)18-4-2-5-18)30-13-3-12-29(23(30)32)15-17-7-9-19(10-8-17)24(25,26)27/h6-11,14,18H,2-5,12-13,15H2,1H3,(H,28,31). The molecule has 5 nitrogen and oxygen atoms in total. The van der Waals surface area contributed by atoms with E-state index in [0.717, 1.165) is 43.4 Å². The Morgan fingerprint density at radius 3 is 2.41 bits per heavy atom. The predicted octanol–water partition coefficient (Wildman–Crippen LogP) is 5.58. The van der Waals surface area contributed by atoms with Gasteiger partial charge in [0.2, 0.25) is 5.91 Å². The third-order valence-electron chi connectivity index (χ3n) is 6.14. The molecule has 1 aliphatic carbocycles. The molecule has 32 heavy (non-hydrogen) atoms. The molecule has 1 aliphatic heterocycles. The Labute approximate surface area is 185 Å². The van der Waals surface area contributed by atoms with Gasteiger partial charge in [-0.1, -0.05) is 24.6 Å². The first-order valence-corrected chi connectivity index (χ1v) is 10.9. The van der Waals surface area contributed by atoms with Gasteiger partial charge in [0.15, 0.2) is 0 Å². The summed E-state index contributed by atoms with van der Waals surface area (Å²) in [6, 6.07) is 10.3. The number of hydrogen-bond donors (Lipinski definition) is 1. The molecule has 0 radical (unpaired) electrons. The average Bonchev–Trinajstić information content (AvgIpc) is 2.68. The van der Waals surface area contributed by atoms with Crippen LogP contribution < -0.4 is 10.2 Å². The minimum Gasteiger partial charge on any atom is -0.324 e. The number of nitrogens with one attached hydrogen (secondary N) is 1. The molecule has 170 valence electrons. The number of carbonyl (C=O) groups excluding carboxylic acids is 2. The summed E-state index contributed by atoms with van der Waals surface area (Å²) in [6.45, 7) is 3.19. The zero-order valence-corrected chi connectivity index (χ0v) is 17.9. The zero-order valence-electron chi connectivity index (χ0n) is 17.9. The van der Waals surface area contributed by atoms with Crippen molar-refractivity contribution in [2.75, 3.05) is 23.3 Å². The lowest BCUT2D eigenvalue weighted by Gasteiger charge is -2.37. The molecule has 0 spiro atoms. The molecule has 0 unspecified atom stereocenters. The Hall–Kier alpha value is -3.03. The first-order valence-electron chi connectivity index (χ1n) is 10.9. The van der Waals surface area contributed by atoms with Crippen LogP contribution in [0.1, 0.15) is 42.4 Å². The lowest BCUT2D eigenvalue weighted by molar-refractivity contribution is -0.137. The van der Waals surface area contributed by atoms with Crippen LogP contribution in [-0.4, -0.2) is 29.9 Å². The summed E-state index contributed by atoms with van der Waals surface area (Å²) in [5, 5.41) is 3.00. The number of alkyl halides is 3. The molecule has 2 fully saturated rings. The number of halogens is 3. The van der Waals surface area contributed by atoms with Crippen LogP contribution in [0.5, 0.6) is 0 Å². The van der Waals surface area contributed by atoms with Gasteiger partial charge in [0.25, 0.3) is 0 Å². The van der Waals surface area contributed by atoms with Gasteiger partial charge >= 0.3 is 12.2 Å². The number of aryl methyl sites for hydroxylation is 1. The van der Waals surface area contributed by atoms with Crippen LogP contribution in [-0.2, 0) is 17.5 Å². The molecule has 2 aliphatic rings. The maximum atomic E-state index is 13.2. The second-order valence-corrected chi connectivity index (χ2v) is 8.54. The van der Waals surface area contributed by atoms with Crippen LogP contribution >= 0.6 is 0 Å². The van der Waals surface area contributed by atoms with E-state index in [0.29, 0.717) is 30.0 Å². The van der Waals surface area contributed by atoms with E-state index < -0.39 is 11.7 Å². The fourth-order valence-electron chi connectivity index (χ4n) is 4.06. The molecule has 1 saturated carbocycles. The summed E-state index contributed by atoms with van der Waals surface area (Å²) in [7, 11) is 0. The fraction of sp³-hybridized carbons (Fsp3) is 0.417. The molecule has 2 aromatic carbocycles. The third kappa shape index (κ3) is 4.74. The van der Waals surface area contributed by atoms with Crippen LogP contribution in [0.2, 0.25) is 0 Å². The molecule has 2 aromatic rings. The maximum absolute atomic E-state index is 13.2. The lowest BCUT2D eigenvalue weighted by atomic mass is 9.85. The van der Waals surface area contributed by atoms with Gasteiger partial charge in [-0.25, -0.2) is 4.79 Å². The van der Waals surface area contributed by atoms with Crippen LogP contribution in [0.4, 0.5) is 29.3 Å². The fourth-order valence-corrected chi connectivity index (χ4v) is 4.06. The van der Waals surface area contributed by atoms with Crippen molar-refractivity contribution >= 4 is 23.3 Å². The number of hydrogen-bond acceptors (Lipinski definition) is 2. The van der Waals surface area contributed by atoms with Crippen molar-refractivity contribution in [1.29, 1.82) is 0 Å². The normalized spacial score (nSPS) is 17.3. The molecular weight excluding hydrogens is 419 g/mol. The highest BCUT2D eigenvalue weighted by Crippen LogP contribution is 2.33. The molecular formula is C24H26F3N3O2. The van der Waals surface area contributed by atoms with Crippen molar-refractivity contribution < 1.29 is 22.8 Å². The van der Waals surface area contributed by atoms with Crippen molar-refractivity contribution in [1.82, 2.24) is 4.90 Å². The highest BCUT2D eigenvalue weighted by atomic mass is 19.4. The SMILES string of the molecule is Cc1ccc(N2CCCN(Cc3ccc(C(F)(F)F)cc3)C2=O)c(NC(=O)C2CCC2)c1. The number of amides is 3. The molecule has 1 N–H and O–H groups in total. The smallest absolute Gasteiger partial charge is 0.324 e. The minimum atomic E-state index is -4.39. The third-order valence-corrected chi connectivity index (χ3v) is 6.14. The Balaban J connectivity index is 1.51. The number of nitrogens with zero attached hydrogens (tertiary/aromatic N) is 2. The Kier molecular flexibility index (Phi) is 6.13. The van der Waals surface area contributed by atoms with Crippen LogP contribution in [0.25, 0.3) is 0 Å². The van der Waals surface area contributed by atoms with Crippen molar-refractivity contribution in [3.05, 3.63) is 59.2 Å². The van der Waals surface area contributed by atoms with Gasteiger partial charge < -0.3 is 10.2 Å². The largest absolute Gasteiger partial charge is 0.416 e. The van der Waals surface area contributed by atoms with Crippen molar-refractivity contribution in [3.8, 4) is 0 Å². The molecule has 8 heteroatoms. The van der Waals surface area contributed by atoms with Crippen molar-refractivity contribution in [3.63, 3.8) is 0 Å².